The van der Waals surface area contributed by atoms with Gasteiger partial charge in [0.2, 0.25) is 5.91 Å². The molecule has 6 heteroatoms. The van der Waals surface area contributed by atoms with Crippen LogP contribution < -0.4 is 11.5 Å². The molecule has 0 saturated carbocycles. The van der Waals surface area contributed by atoms with E-state index in [0.717, 1.165) is 29.6 Å². The molecule has 1 saturated heterocycles. The van der Waals surface area contributed by atoms with Gasteiger partial charge in [0.15, 0.2) is 0 Å². The van der Waals surface area contributed by atoms with Crippen molar-refractivity contribution in [2.24, 2.45) is 11.5 Å². The SMILES string of the molecule is NCC(c1ccc(Br)s1)N1CCCCC1C(N)=O. The predicted molar refractivity (Wildman–Crippen MR) is 77.4 cm³/mol. The van der Waals surface area contributed by atoms with Crippen LogP contribution in [0.3, 0.4) is 0 Å². The lowest BCUT2D eigenvalue weighted by Gasteiger charge is -2.38. The molecule has 18 heavy (non-hydrogen) atoms. The molecule has 2 rings (SSSR count). The Hall–Kier alpha value is -0.430. The van der Waals surface area contributed by atoms with Crippen molar-refractivity contribution in [3.63, 3.8) is 0 Å². The first kappa shape index (κ1) is 14.0. The summed E-state index contributed by atoms with van der Waals surface area (Å²) >= 11 is 5.14. The summed E-state index contributed by atoms with van der Waals surface area (Å²) < 4.78 is 1.09. The van der Waals surface area contributed by atoms with Gasteiger partial charge in [0.05, 0.1) is 15.9 Å². The van der Waals surface area contributed by atoms with E-state index in [2.05, 4.69) is 26.9 Å². The summed E-state index contributed by atoms with van der Waals surface area (Å²) in [7, 11) is 0. The van der Waals surface area contributed by atoms with E-state index in [1.54, 1.807) is 11.3 Å². The number of halogens is 1. The van der Waals surface area contributed by atoms with E-state index in [4.69, 9.17) is 11.5 Å². The quantitative estimate of drug-likeness (QED) is 0.884. The highest BCUT2D eigenvalue weighted by atomic mass is 79.9. The molecule has 1 amide bonds. The molecule has 4 N–H and O–H groups in total. The zero-order valence-corrected chi connectivity index (χ0v) is 12.5. The summed E-state index contributed by atoms with van der Waals surface area (Å²) in [6.45, 7) is 1.40. The molecule has 2 atom stereocenters. The zero-order valence-electron chi connectivity index (χ0n) is 10.1. The molecule has 4 nitrogen and oxygen atoms in total. The van der Waals surface area contributed by atoms with E-state index in [-0.39, 0.29) is 18.0 Å². The maximum Gasteiger partial charge on any atom is 0.234 e. The summed E-state index contributed by atoms with van der Waals surface area (Å²) in [4.78, 5) is 14.9. The number of hydrogen-bond donors (Lipinski definition) is 2. The standard InChI is InChI=1S/C12H18BrN3OS/c13-11-5-4-10(18-11)9(7-14)16-6-2-1-3-8(16)12(15)17/h4-5,8-9H,1-3,6-7,14H2,(H2,15,17). The van der Waals surface area contributed by atoms with Crippen LogP contribution in [-0.4, -0.2) is 29.9 Å². The van der Waals surface area contributed by atoms with Gasteiger partial charge >= 0.3 is 0 Å². The molecule has 1 aliphatic heterocycles. The van der Waals surface area contributed by atoms with Crippen molar-refractivity contribution < 1.29 is 4.79 Å². The van der Waals surface area contributed by atoms with Crippen LogP contribution in [0.25, 0.3) is 0 Å². The molecular weight excluding hydrogens is 314 g/mol. The van der Waals surface area contributed by atoms with Gasteiger partial charge in [0.25, 0.3) is 0 Å². The highest BCUT2D eigenvalue weighted by Crippen LogP contribution is 2.33. The Bertz CT molecular complexity index is 423. The number of carbonyl (C=O) groups excluding carboxylic acids is 1. The molecule has 1 aromatic heterocycles. The average Bonchev–Trinajstić information content (AvgIpc) is 2.77. The van der Waals surface area contributed by atoms with Gasteiger partial charge in [-0.3, -0.25) is 9.69 Å². The first-order valence-corrected chi connectivity index (χ1v) is 7.74. The molecule has 2 heterocycles. The fourth-order valence-corrected chi connectivity index (χ4v) is 4.11. The number of rotatable bonds is 4. The lowest BCUT2D eigenvalue weighted by atomic mass is 9.98. The third kappa shape index (κ3) is 2.93. The first-order valence-electron chi connectivity index (χ1n) is 6.14. The molecular formula is C12H18BrN3OS. The minimum absolute atomic E-state index is 0.0964. The lowest BCUT2D eigenvalue weighted by molar-refractivity contribution is -0.125. The summed E-state index contributed by atoms with van der Waals surface area (Å²) in [6, 6.07) is 4.01. The molecule has 1 aliphatic rings. The van der Waals surface area contributed by atoms with Crippen molar-refractivity contribution >= 4 is 33.2 Å². The van der Waals surface area contributed by atoms with Gasteiger partial charge in [0, 0.05) is 11.4 Å². The highest BCUT2D eigenvalue weighted by molar-refractivity contribution is 9.11. The second kappa shape index (κ2) is 6.14. The van der Waals surface area contributed by atoms with Crippen LogP contribution in [0.15, 0.2) is 15.9 Å². The Morgan fingerprint density at radius 1 is 1.56 bits per heavy atom. The number of nitrogens with zero attached hydrogens (tertiary/aromatic N) is 1. The topological polar surface area (TPSA) is 72.3 Å². The summed E-state index contributed by atoms with van der Waals surface area (Å²) in [5.41, 5.74) is 11.4. The van der Waals surface area contributed by atoms with Crippen LogP contribution in [0, 0.1) is 0 Å². The summed E-state index contributed by atoms with van der Waals surface area (Å²) in [6.07, 6.45) is 3.01. The largest absolute Gasteiger partial charge is 0.368 e. The van der Waals surface area contributed by atoms with Crippen molar-refractivity contribution in [2.45, 2.75) is 31.3 Å². The Morgan fingerprint density at radius 2 is 2.33 bits per heavy atom. The fraction of sp³-hybridized carbons (Fsp3) is 0.583. The van der Waals surface area contributed by atoms with Crippen LogP contribution in [0.2, 0.25) is 0 Å². The van der Waals surface area contributed by atoms with Crippen molar-refractivity contribution in [3.8, 4) is 0 Å². The number of primary amides is 1. The number of likely N-dealkylation sites (tertiary alicyclic amines) is 1. The number of amides is 1. The molecule has 100 valence electrons. The molecule has 0 radical (unpaired) electrons. The van der Waals surface area contributed by atoms with Crippen LogP contribution in [-0.2, 0) is 4.79 Å². The van der Waals surface area contributed by atoms with E-state index in [0.29, 0.717) is 6.54 Å². The Morgan fingerprint density at radius 3 is 2.89 bits per heavy atom. The second-order valence-corrected chi connectivity index (χ2v) is 7.04. The Labute approximate surface area is 119 Å². The normalized spacial score (nSPS) is 22.9. The fourth-order valence-electron chi connectivity index (χ4n) is 2.55. The van der Waals surface area contributed by atoms with Crippen LogP contribution in [0.1, 0.15) is 30.2 Å². The van der Waals surface area contributed by atoms with Gasteiger partial charge in [-0.05, 0) is 47.4 Å². The molecule has 0 spiro atoms. The van der Waals surface area contributed by atoms with Crippen LogP contribution in [0.5, 0.6) is 0 Å². The van der Waals surface area contributed by atoms with Gasteiger partial charge in [-0.1, -0.05) is 6.42 Å². The second-order valence-electron chi connectivity index (χ2n) is 4.55. The minimum atomic E-state index is -0.233. The van der Waals surface area contributed by atoms with E-state index in [9.17, 15) is 4.79 Å². The summed E-state index contributed by atoms with van der Waals surface area (Å²) in [5, 5.41) is 0. The van der Waals surface area contributed by atoms with Gasteiger partial charge in [-0.25, -0.2) is 0 Å². The third-order valence-corrected chi connectivity index (χ3v) is 5.14. The number of thiophene rings is 1. The Kier molecular flexibility index (Phi) is 4.77. The van der Waals surface area contributed by atoms with E-state index < -0.39 is 0 Å². The zero-order chi connectivity index (χ0) is 13.1. The maximum atomic E-state index is 11.6. The Balaban J connectivity index is 2.22. The van der Waals surface area contributed by atoms with Crippen molar-refractivity contribution in [1.82, 2.24) is 4.90 Å². The van der Waals surface area contributed by atoms with Crippen molar-refractivity contribution in [3.05, 3.63) is 20.8 Å². The van der Waals surface area contributed by atoms with E-state index in [1.165, 1.54) is 4.88 Å². The molecule has 0 aliphatic carbocycles. The maximum absolute atomic E-state index is 11.6. The number of piperidine rings is 1. The lowest BCUT2D eigenvalue weighted by Crippen LogP contribution is -2.50. The van der Waals surface area contributed by atoms with Gasteiger partial charge in [-0.15, -0.1) is 11.3 Å². The molecule has 0 aromatic carbocycles. The number of hydrogen-bond acceptors (Lipinski definition) is 4. The number of nitrogens with two attached hydrogens (primary N) is 2. The van der Waals surface area contributed by atoms with Crippen LogP contribution in [0.4, 0.5) is 0 Å². The molecule has 1 fully saturated rings. The van der Waals surface area contributed by atoms with Gasteiger partial charge in [-0.2, -0.15) is 0 Å². The molecule has 0 bridgehead atoms. The predicted octanol–water partition coefficient (Wildman–Crippen LogP) is 1.85. The average molecular weight is 332 g/mol. The molecule has 1 aromatic rings. The molecule has 2 unspecified atom stereocenters. The van der Waals surface area contributed by atoms with E-state index >= 15 is 0 Å². The van der Waals surface area contributed by atoms with Crippen molar-refractivity contribution in [2.75, 3.05) is 13.1 Å². The third-order valence-electron chi connectivity index (χ3n) is 3.42. The van der Waals surface area contributed by atoms with Gasteiger partial charge < -0.3 is 11.5 Å². The minimum Gasteiger partial charge on any atom is -0.368 e. The van der Waals surface area contributed by atoms with E-state index in [1.807, 2.05) is 6.07 Å². The smallest absolute Gasteiger partial charge is 0.234 e. The number of carbonyl (C=O) groups is 1. The monoisotopic (exact) mass is 331 g/mol. The van der Waals surface area contributed by atoms with Gasteiger partial charge in [0.1, 0.15) is 0 Å². The van der Waals surface area contributed by atoms with Crippen molar-refractivity contribution in [1.29, 1.82) is 0 Å². The summed E-state index contributed by atoms with van der Waals surface area (Å²) in [5.74, 6) is -0.233. The first-order chi connectivity index (χ1) is 8.63. The van der Waals surface area contributed by atoms with Crippen LogP contribution >= 0.6 is 27.3 Å². The highest BCUT2D eigenvalue weighted by Gasteiger charge is 2.32.